The molecule has 0 spiro atoms. The fourth-order valence-corrected chi connectivity index (χ4v) is 4.92. The normalized spacial score (nSPS) is 18.4. The molecule has 1 saturated heterocycles. The summed E-state index contributed by atoms with van der Waals surface area (Å²) in [5, 5.41) is 0. The number of benzene rings is 1. The lowest BCUT2D eigenvalue weighted by molar-refractivity contribution is 0.0523. The van der Waals surface area contributed by atoms with Crippen LogP contribution in [-0.4, -0.2) is 62.5 Å². The first-order valence-corrected chi connectivity index (χ1v) is 11.3. The summed E-state index contributed by atoms with van der Waals surface area (Å²) in [7, 11) is 0. The summed E-state index contributed by atoms with van der Waals surface area (Å²) in [5.41, 5.74) is 4.00. The van der Waals surface area contributed by atoms with Crippen molar-refractivity contribution in [1.29, 1.82) is 0 Å². The van der Waals surface area contributed by atoms with E-state index in [1.165, 1.54) is 32.1 Å². The Hall–Kier alpha value is -2.99. The lowest BCUT2D eigenvalue weighted by Crippen LogP contribution is -2.52. The van der Waals surface area contributed by atoms with Crippen molar-refractivity contribution in [2.75, 3.05) is 26.2 Å². The van der Waals surface area contributed by atoms with Crippen LogP contribution < -0.4 is 0 Å². The second-order valence-corrected chi connectivity index (χ2v) is 8.57. The molecule has 2 fully saturated rings. The number of aromatic nitrogens is 3. The maximum atomic E-state index is 13.2. The summed E-state index contributed by atoms with van der Waals surface area (Å²) in [6.45, 7) is 7.37. The van der Waals surface area contributed by atoms with Crippen LogP contribution in [0.3, 0.4) is 0 Å². The Morgan fingerprint density at radius 2 is 1.84 bits per heavy atom. The lowest BCUT2D eigenvalue weighted by atomic mass is 9.94. The molecule has 1 amide bonds. The molecule has 0 N–H and O–H groups in total. The Morgan fingerprint density at radius 3 is 2.61 bits per heavy atom. The van der Waals surface area contributed by atoms with Gasteiger partial charge in [0.15, 0.2) is 5.65 Å². The highest BCUT2D eigenvalue weighted by Crippen LogP contribution is 2.24. The number of hydrogen-bond acceptors (Lipinski definition) is 4. The molecule has 6 nitrogen and oxygen atoms in total. The van der Waals surface area contributed by atoms with E-state index < -0.39 is 0 Å². The van der Waals surface area contributed by atoms with E-state index in [2.05, 4.69) is 21.4 Å². The van der Waals surface area contributed by atoms with E-state index in [9.17, 15) is 4.79 Å². The Labute approximate surface area is 183 Å². The minimum absolute atomic E-state index is 0.106. The molecule has 2 aromatic heterocycles. The van der Waals surface area contributed by atoms with Crippen LogP contribution in [0.5, 0.6) is 0 Å². The van der Waals surface area contributed by atoms with Gasteiger partial charge in [-0.25, -0.2) is 9.97 Å². The van der Waals surface area contributed by atoms with Gasteiger partial charge in [0.2, 0.25) is 0 Å². The lowest BCUT2D eigenvalue weighted by Gasteiger charge is -2.40. The molecule has 3 aromatic rings. The van der Waals surface area contributed by atoms with Crippen LogP contribution in [0.2, 0.25) is 0 Å². The van der Waals surface area contributed by atoms with Crippen molar-refractivity contribution in [1.82, 2.24) is 24.3 Å². The first-order valence-electron chi connectivity index (χ1n) is 11.3. The average molecular weight is 416 g/mol. The van der Waals surface area contributed by atoms with Crippen LogP contribution in [0.4, 0.5) is 0 Å². The van der Waals surface area contributed by atoms with E-state index in [-0.39, 0.29) is 5.91 Å². The first-order chi connectivity index (χ1) is 15.2. The van der Waals surface area contributed by atoms with Crippen molar-refractivity contribution >= 4 is 23.1 Å². The molecular weight excluding hydrogens is 386 g/mol. The Bertz CT molecular complexity index is 1090. The molecule has 0 atom stereocenters. The SMILES string of the molecule is C=Cc1ccc2ncn(-c3cccc(C(=O)N4CCN(C5CCCCC5)CC4)c3)c2n1. The molecule has 1 saturated carbocycles. The summed E-state index contributed by atoms with van der Waals surface area (Å²) in [5.74, 6) is 0.106. The van der Waals surface area contributed by atoms with Crippen molar-refractivity contribution in [2.45, 2.75) is 38.1 Å². The number of carbonyl (C=O) groups is 1. The minimum Gasteiger partial charge on any atom is -0.336 e. The molecule has 2 aliphatic rings. The van der Waals surface area contributed by atoms with Gasteiger partial charge in [-0.1, -0.05) is 31.9 Å². The third kappa shape index (κ3) is 4.00. The van der Waals surface area contributed by atoms with Gasteiger partial charge in [0.05, 0.1) is 5.69 Å². The van der Waals surface area contributed by atoms with E-state index in [0.29, 0.717) is 5.56 Å². The van der Waals surface area contributed by atoms with Crippen LogP contribution in [0.1, 0.15) is 48.2 Å². The van der Waals surface area contributed by atoms with Crippen LogP contribution in [0, 0.1) is 0 Å². The number of imidazole rings is 1. The van der Waals surface area contributed by atoms with E-state index in [1.807, 2.05) is 45.9 Å². The summed E-state index contributed by atoms with van der Waals surface area (Å²) in [4.78, 5) is 26.9. The molecule has 31 heavy (non-hydrogen) atoms. The number of fused-ring (bicyclic) bond motifs is 1. The zero-order chi connectivity index (χ0) is 21.2. The van der Waals surface area contributed by atoms with Gasteiger partial charge in [0.1, 0.15) is 11.8 Å². The summed E-state index contributed by atoms with van der Waals surface area (Å²) < 4.78 is 1.93. The van der Waals surface area contributed by atoms with Gasteiger partial charge < -0.3 is 4.90 Å². The van der Waals surface area contributed by atoms with Crippen molar-refractivity contribution < 1.29 is 4.79 Å². The van der Waals surface area contributed by atoms with E-state index >= 15 is 0 Å². The summed E-state index contributed by atoms with van der Waals surface area (Å²) >= 11 is 0. The van der Waals surface area contributed by atoms with Gasteiger partial charge in [0.25, 0.3) is 5.91 Å². The van der Waals surface area contributed by atoms with Crippen molar-refractivity contribution in [2.24, 2.45) is 0 Å². The van der Waals surface area contributed by atoms with Gasteiger partial charge in [-0.2, -0.15) is 0 Å². The van der Waals surface area contributed by atoms with Crippen molar-refractivity contribution in [3.8, 4) is 5.69 Å². The van der Waals surface area contributed by atoms with E-state index in [4.69, 9.17) is 0 Å². The van der Waals surface area contributed by atoms with Crippen LogP contribution in [0.25, 0.3) is 22.9 Å². The maximum absolute atomic E-state index is 13.2. The van der Waals surface area contributed by atoms with Gasteiger partial charge in [0, 0.05) is 43.5 Å². The summed E-state index contributed by atoms with van der Waals surface area (Å²) in [6, 6.07) is 12.3. The molecule has 3 heterocycles. The van der Waals surface area contributed by atoms with Crippen molar-refractivity contribution in [3.63, 3.8) is 0 Å². The smallest absolute Gasteiger partial charge is 0.254 e. The Morgan fingerprint density at radius 1 is 1.03 bits per heavy atom. The third-order valence-electron chi connectivity index (χ3n) is 6.69. The molecule has 0 bridgehead atoms. The molecular formula is C25H29N5O. The molecule has 0 radical (unpaired) electrons. The molecule has 1 aliphatic heterocycles. The highest BCUT2D eigenvalue weighted by atomic mass is 16.2. The van der Waals surface area contributed by atoms with E-state index in [1.54, 1.807) is 12.4 Å². The number of rotatable bonds is 4. The predicted octanol–water partition coefficient (Wildman–Crippen LogP) is 4.15. The number of pyridine rings is 1. The monoisotopic (exact) mass is 415 g/mol. The van der Waals surface area contributed by atoms with Gasteiger partial charge in [-0.3, -0.25) is 14.3 Å². The number of amides is 1. The predicted molar refractivity (Wildman–Crippen MR) is 123 cm³/mol. The highest BCUT2D eigenvalue weighted by molar-refractivity contribution is 5.95. The number of hydrogen-bond donors (Lipinski definition) is 0. The van der Waals surface area contributed by atoms with Gasteiger partial charge in [-0.05, 0) is 49.2 Å². The molecule has 0 unspecified atom stereocenters. The number of piperazine rings is 1. The molecule has 160 valence electrons. The molecule has 5 rings (SSSR count). The van der Waals surface area contributed by atoms with Gasteiger partial charge >= 0.3 is 0 Å². The quantitative estimate of drug-likeness (QED) is 0.642. The first kappa shape index (κ1) is 19.9. The fourth-order valence-electron chi connectivity index (χ4n) is 4.92. The number of nitrogens with zero attached hydrogens (tertiary/aromatic N) is 5. The summed E-state index contributed by atoms with van der Waals surface area (Å²) in [6.07, 6.45) is 10.2. The highest BCUT2D eigenvalue weighted by Gasteiger charge is 2.27. The second kappa shape index (κ2) is 8.63. The Balaban J connectivity index is 1.32. The molecule has 6 heteroatoms. The van der Waals surface area contributed by atoms with Crippen molar-refractivity contribution in [3.05, 3.63) is 60.6 Å². The zero-order valence-electron chi connectivity index (χ0n) is 17.9. The molecule has 1 aromatic carbocycles. The average Bonchev–Trinajstić information content (AvgIpc) is 3.27. The third-order valence-corrected chi connectivity index (χ3v) is 6.69. The number of carbonyl (C=O) groups excluding carboxylic acids is 1. The topological polar surface area (TPSA) is 54.3 Å². The van der Waals surface area contributed by atoms with Crippen LogP contribution in [-0.2, 0) is 0 Å². The van der Waals surface area contributed by atoms with Crippen LogP contribution in [0.15, 0.2) is 49.3 Å². The largest absolute Gasteiger partial charge is 0.336 e. The minimum atomic E-state index is 0.106. The van der Waals surface area contributed by atoms with Gasteiger partial charge in [-0.15, -0.1) is 0 Å². The van der Waals surface area contributed by atoms with Crippen LogP contribution >= 0.6 is 0 Å². The molecule has 1 aliphatic carbocycles. The maximum Gasteiger partial charge on any atom is 0.254 e. The fraction of sp³-hybridized carbons (Fsp3) is 0.400. The van der Waals surface area contributed by atoms with E-state index in [0.717, 1.165) is 54.8 Å². The second-order valence-electron chi connectivity index (χ2n) is 8.57. The standard InChI is InChI=1S/C25H29N5O/c1-2-20-11-12-23-24(27-20)30(18-26-23)22-10-6-7-19(17-22)25(31)29-15-13-28(14-16-29)21-8-4-3-5-9-21/h2,6-7,10-12,17-18,21H,1,3-5,8-9,13-16H2. The zero-order valence-corrected chi connectivity index (χ0v) is 17.9. The Kier molecular flexibility index (Phi) is 5.55.